The van der Waals surface area contributed by atoms with Crippen LogP contribution in [0.5, 0.6) is 0 Å². The third-order valence-corrected chi connectivity index (χ3v) is 3.56. The van der Waals surface area contributed by atoms with Gasteiger partial charge in [0.2, 0.25) is 0 Å². The van der Waals surface area contributed by atoms with Crippen molar-refractivity contribution in [2.45, 2.75) is 19.3 Å². The number of esters is 1. The first kappa shape index (κ1) is 18.9. The average molecular weight is 344 g/mol. The molecule has 0 unspecified atom stereocenters. The fraction of sp³-hybridized carbons (Fsp3) is 0.471. The lowest BCUT2D eigenvalue weighted by Crippen LogP contribution is -2.27. The fourth-order valence-electron chi connectivity index (χ4n) is 2.11. The molecule has 22 heavy (non-hydrogen) atoms. The van der Waals surface area contributed by atoms with Gasteiger partial charge in [0.05, 0.1) is 0 Å². The van der Waals surface area contributed by atoms with Gasteiger partial charge in [-0.1, -0.05) is 24.8 Å². The van der Waals surface area contributed by atoms with Crippen LogP contribution in [-0.4, -0.2) is 37.4 Å². The number of rotatable bonds is 11. The molecule has 1 aromatic carbocycles. The molecule has 3 nitrogen and oxygen atoms in total. The van der Waals surface area contributed by atoms with Crippen molar-refractivity contribution in [1.29, 1.82) is 0 Å². The molecule has 0 bridgehead atoms. The van der Waals surface area contributed by atoms with Crippen LogP contribution in [0, 0.1) is 0 Å². The number of ether oxygens (including phenoxy) is 1. The van der Waals surface area contributed by atoms with Gasteiger partial charge >= 0.3 is 5.97 Å². The van der Waals surface area contributed by atoms with Crippen LogP contribution in [0.2, 0.25) is 0 Å². The van der Waals surface area contributed by atoms with Gasteiger partial charge in [-0.25, -0.2) is 0 Å². The minimum absolute atomic E-state index is 0.174. The van der Waals surface area contributed by atoms with Gasteiger partial charge in [0, 0.05) is 37.0 Å². The molecule has 0 spiro atoms. The first-order valence-corrected chi connectivity index (χ1v) is 8.50. The molecule has 0 fully saturated rings. The predicted octanol–water partition coefficient (Wildman–Crippen LogP) is 4.02. The van der Waals surface area contributed by atoms with Crippen LogP contribution in [0.1, 0.15) is 18.4 Å². The maximum atomic E-state index is 11.4. The summed E-state index contributed by atoms with van der Waals surface area (Å²) < 4.78 is 4.94. The zero-order chi connectivity index (χ0) is 16.2. The summed E-state index contributed by atoms with van der Waals surface area (Å²) in [6, 6.07) is 8.31. The van der Waals surface area contributed by atoms with Crippen molar-refractivity contribution in [3.05, 3.63) is 42.5 Å². The summed E-state index contributed by atoms with van der Waals surface area (Å²) in [6.07, 6.45) is 3.64. The molecule has 0 N–H and O–H groups in total. The summed E-state index contributed by atoms with van der Waals surface area (Å²) in [4.78, 5) is 13.5. The molecule has 0 atom stereocenters. The van der Waals surface area contributed by atoms with Gasteiger partial charge < -0.3 is 9.64 Å². The van der Waals surface area contributed by atoms with Crippen LogP contribution in [0.25, 0.3) is 0 Å². The number of carbonyl (C=O) groups is 1. The van der Waals surface area contributed by atoms with E-state index in [4.69, 9.17) is 27.9 Å². The second-order valence-corrected chi connectivity index (χ2v) is 5.61. The van der Waals surface area contributed by atoms with E-state index in [2.05, 4.69) is 35.7 Å². The van der Waals surface area contributed by atoms with Gasteiger partial charge in [0.15, 0.2) is 0 Å². The Hall–Kier alpha value is -1.19. The molecular formula is C17H23Cl2NO2. The third-order valence-electron chi connectivity index (χ3n) is 3.22. The van der Waals surface area contributed by atoms with E-state index in [1.54, 1.807) is 6.08 Å². The second kappa shape index (κ2) is 11.4. The highest BCUT2D eigenvalue weighted by Crippen LogP contribution is 2.17. The minimum atomic E-state index is -0.174. The van der Waals surface area contributed by atoms with Crippen molar-refractivity contribution in [3.63, 3.8) is 0 Å². The summed E-state index contributed by atoms with van der Waals surface area (Å²) in [5.41, 5.74) is 2.33. The molecule has 0 aromatic heterocycles. The SMILES string of the molecule is C=CCOC(=O)CCCc1ccc(N(CCCl)CCCl)cc1. The van der Waals surface area contributed by atoms with Crippen molar-refractivity contribution in [2.75, 3.05) is 36.4 Å². The van der Waals surface area contributed by atoms with Crippen molar-refractivity contribution < 1.29 is 9.53 Å². The van der Waals surface area contributed by atoms with Crippen LogP contribution < -0.4 is 4.90 Å². The molecule has 0 saturated heterocycles. The lowest BCUT2D eigenvalue weighted by Gasteiger charge is -2.23. The fourth-order valence-corrected chi connectivity index (χ4v) is 2.52. The Morgan fingerprint density at radius 3 is 2.36 bits per heavy atom. The number of halogens is 2. The molecule has 1 rings (SSSR count). The molecule has 0 saturated carbocycles. The van der Waals surface area contributed by atoms with Gasteiger partial charge in [0.1, 0.15) is 6.61 Å². The zero-order valence-electron chi connectivity index (χ0n) is 12.8. The van der Waals surface area contributed by atoms with Crippen LogP contribution in [0.4, 0.5) is 5.69 Å². The molecule has 0 heterocycles. The van der Waals surface area contributed by atoms with Gasteiger partial charge in [-0.15, -0.1) is 23.2 Å². The summed E-state index contributed by atoms with van der Waals surface area (Å²) in [5.74, 6) is 0.976. The average Bonchev–Trinajstić information content (AvgIpc) is 2.53. The monoisotopic (exact) mass is 343 g/mol. The summed E-state index contributed by atoms with van der Waals surface area (Å²) in [6.45, 7) is 5.35. The molecule has 0 amide bonds. The first-order valence-electron chi connectivity index (χ1n) is 7.43. The molecule has 0 aliphatic rings. The van der Waals surface area contributed by atoms with Crippen molar-refractivity contribution >= 4 is 34.9 Å². The highest BCUT2D eigenvalue weighted by molar-refractivity contribution is 6.18. The molecule has 0 radical (unpaired) electrons. The summed E-state index contributed by atoms with van der Waals surface area (Å²) >= 11 is 11.6. The van der Waals surface area contributed by atoms with E-state index in [1.807, 2.05) is 0 Å². The number of hydrogen-bond acceptors (Lipinski definition) is 3. The number of nitrogens with zero attached hydrogens (tertiary/aromatic N) is 1. The molecule has 0 aliphatic carbocycles. The van der Waals surface area contributed by atoms with E-state index < -0.39 is 0 Å². The van der Waals surface area contributed by atoms with Gasteiger partial charge in [-0.3, -0.25) is 4.79 Å². The van der Waals surface area contributed by atoms with Crippen LogP contribution in [0.15, 0.2) is 36.9 Å². The highest BCUT2D eigenvalue weighted by atomic mass is 35.5. The Balaban J connectivity index is 2.43. The van der Waals surface area contributed by atoms with Crippen molar-refractivity contribution in [3.8, 4) is 0 Å². The first-order chi connectivity index (χ1) is 10.7. The topological polar surface area (TPSA) is 29.5 Å². The van der Waals surface area contributed by atoms with E-state index in [-0.39, 0.29) is 12.6 Å². The van der Waals surface area contributed by atoms with Gasteiger partial charge in [-0.2, -0.15) is 0 Å². The van der Waals surface area contributed by atoms with E-state index in [1.165, 1.54) is 5.56 Å². The van der Waals surface area contributed by atoms with Crippen LogP contribution >= 0.6 is 23.2 Å². The lowest BCUT2D eigenvalue weighted by atomic mass is 10.1. The Morgan fingerprint density at radius 2 is 1.82 bits per heavy atom. The molecular weight excluding hydrogens is 321 g/mol. The Morgan fingerprint density at radius 1 is 1.18 bits per heavy atom. The minimum Gasteiger partial charge on any atom is -0.461 e. The highest BCUT2D eigenvalue weighted by Gasteiger charge is 2.06. The zero-order valence-corrected chi connectivity index (χ0v) is 14.3. The summed E-state index contributed by atoms with van der Waals surface area (Å²) in [5, 5.41) is 0. The number of benzene rings is 1. The Bertz CT molecular complexity index is 442. The van der Waals surface area contributed by atoms with Crippen LogP contribution in [0.3, 0.4) is 0 Å². The normalized spacial score (nSPS) is 10.3. The van der Waals surface area contributed by atoms with E-state index >= 15 is 0 Å². The van der Waals surface area contributed by atoms with Gasteiger partial charge in [-0.05, 0) is 30.5 Å². The van der Waals surface area contributed by atoms with E-state index in [0.717, 1.165) is 31.6 Å². The lowest BCUT2D eigenvalue weighted by molar-refractivity contribution is -0.142. The number of anilines is 1. The van der Waals surface area contributed by atoms with Crippen molar-refractivity contribution in [2.24, 2.45) is 0 Å². The quantitative estimate of drug-likeness (QED) is 0.345. The van der Waals surface area contributed by atoms with Gasteiger partial charge in [0.25, 0.3) is 0 Å². The molecule has 122 valence electrons. The largest absolute Gasteiger partial charge is 0.461 e. The number of alkyl halides is 2. The molecule has 1 aromatic rings. The summed E-state index contributed by atoms with van der Waals surface area (Å²) in [7, 11) is 0. The smallest absolute Gasteiger partial charge is 0.306 e. The Kier molecular flexibility index (Phi) is 9.76. The maximum Gasteiger partial charge on any atom is 0.306 e. The molecule has 5 heteroatoms. The standard InChI is InChI=1S/C17H23Cl2NO2/c1-2-14-22-17(21)5-3-4-15-6-8-16(9-7-15)20(12-10-18)13-11-19/h2,6-9H,1,3-5,10-14H2. The Labute approximate surface area is 142 Å². The van der Waals surface area contributed by atoms with Crippen LogP contribution in [-0.2, 0) is 16.0 Å². The second-order valence-electron chi connectivity index (χ2n) is 4.86. The number of hydrogen-bond donors (Lipinski definition) is 0. The maximum absolute atomic E-state index is 11.4. The molecule has 0 aliphatic heterocycles. The number of aryl methyl sites for hydroxylation is 1. The number of carbonyl (C=O) groups excluding carboxylic acids is 1. The predicted molar refractivity (Wildman–Crippen MR) is 94.2 cm³/mol. The third kappa shape index (κ3) is 7.19. The van der Waals surface area contributed by atoms with Crippen molar-refractivity contribution in [1.82, 2.24) is 0 Å². The van der Waals surface area contributed by atoms with E-state index in [0.29, 0.717) is 18.2 Å². The van der Waals surface area contributed by atoms with E-state index in [9.17, 15) is 4.79 Å².